The van der Waals surface area contributed by atoms with Gasteiger partial charge in [0.05, 0.1) is 35.3 Å². The number of aliphatic hydroxyl groups is 1. The van der Waals surface area contributed by atoms with Crippen molar-refractivity contribution in [1.29, 1.82) is 0 Å². The van der Waals surface area contributed by atoms with Crippen LogP contribution in [-0.4, -0.2) is 56.4 Å². The van der Waals surface area contributed by atoms with Gasteiger partial charge in [-0.05, 0) is 51.6 Å². The number of morpholine rings is 1. The summed E-state index contributed by atoms with van der Waals surface area (Å²) in [5.41, 5.74) is -0.0565. The molecule has 2 atom stereocenters. The lowest BCUT2D eigenvalue weighted by Gasteiger charge is -2.34. The summed E-state index contributed by atoms with van der Waals surface area (Å²) < 4.78 is 17.9. The molecular weight excluding hydrogens is 362 g/mol. The minimum Gasteiger partial charge on any atom is -0.390 e. The molecular formula is C17H26ClN3O3S. The molecule has 0 amide bonds. The first kappa shape index (κ1) is 19.0. The predicted octanol–water partition coefficient (Wildman–Crippen LogP) is 2.25. The van der Waals surface area contributed by atoms with Crippen molar-refractivity contribution in [3.05, 3.63) is 17.0 Å². The topological polar surface area (TPSA) is 75.5 Å². The summed E-state index contributed by atoms with van der Waals surface area (Å²) in [5, 5.41) is 10.1. The highest BCUT2D eigenvalue weighted by atomic mass is 35.5. The summed E-state index contributed by atoms with van der Waals surface area (Å²) in [5.74, 6) is 1.23. The predicted molar refractivity (Wildman–Crippen MR) is 99.5 cm³/mol. The van der Waals surface area contributed by atoms with Gasteiger partial charge in [-0.25, -0.2) is 9.97 Å². The second-order valence-corrected chi connectivity index (χ2v) is 9.82. The fourth-order valence-corrected chi connectivity index (χ4v) is 5.25. The second-order valence-electron chi connectivity index (χ2n) is 7.60. The zero-order valence-electron chi connectivity index (χ0n) is 15.0. The highest BCUT2D eigenvalue weighted by Gasteiger charge is 2.51. The Morgan fingerprint density at radius 2 is 2.20 bits per heavy atom. The third-order valence-corrected chi connectivity index (χ3v) is 7.09. The van der Waals surface area contributed by atoms with Crippen LogP contribution in [0.4, 0.5) is 5.82 Å². The van der Waals surface area contributed by atoms with Crippen molar-refractivity contribution in [3.8, 4) is 0 Å². The van der Waals surface area contributed by atoms with E-state index in [0.717, 1.165) is 30.9 Å². The summed E-state index contributed by atoms with van der Waals surface area (Å²) in [6, 6.07) is 2.14. The monoisotopic (exact) mass is 387 g/mol. The molecule has 140 valence electrons. The van der Waals surface area contributed by atoms with Gasteiger partial charge in [-0.15, -0.1) is 0 Å². The summed E-state index contributed by atoms with van der Waals surface area (Å²) >= 11 is 6.19. The van der Waals surface area contributed by atoms with E-state index in [1.54, 1.807) is 13.8 Å². The van der Waals surface area contributed by atoms with Gasteiger partial charge in [0.15, 0.2) is 0 Å². The van der Waals surface area contributed by atoms with Gasteiger partial charge in [-0.1, -0.05) is 0 Å². The Morgan fingerprint density at radius 1 is 1.48 bits per heavy atom. The Balaban J connectivity index is 1.83. The number of halogens is 1. The molecule has 1 N–H and O–H groups in total. The van der Waals surface area contributed by atoms with E-state index in [0.29, 0.717) is 25.4 Å². The van der Waals surface area contributed by atoms with E-state index in [-0.39, 0.29) is 11.3 Å². The van der Waals surface area contributed by atoms with Gasteiger partial charge >= 0.3 is 0 Å². The molecule has 1 aliphatic heterocycles. The van der Waals surface area contributed by atoms with Crippen molar-refractivity contribution in [1.82, 2.24) is 9.97 Å². The number of aromatic nitrogens is 2. The summed E-state index contributed by atoms with van der Waals surface area (Å²) in [6.45, 7) is 7.63. The molecule has 1 saturated heterocycles. The summed E-state index contributed by atoms with van der Waals surface area (Å²) in [4.78, 5) is 10.9. The minimum absolute atomic E-state index is 0.192. The normalized spacial score (nSPS) is 24.2. The highest BCUT2D eigenvalue weighted by Crippen LogP contribution is 2.51. The third-order valence-electron chi connectivity index (χ3n) is 4.85. The molecule has 0 bridgehead atoms. The molecule has 8 heteroatoms. The second kappa shape index (κ2) is 7.10. The van der Waals surface area contributed by atoms with Crippen molar-refractivity contribution in [2.45, 2.75) is 56.4 Å². The Kier molecular flexibility index (Phi) is 5.40. The molecule has 3 rings (SSSR count). The van der Waals surface area contributed by atoms with Crippen LogP contribution in [0.25, 0.3) is 0 Å². The first-order chi connectivity index (χ1) is 11.7. The molecule has 1 aromatic rings. The molecule has 0 spiro atoms. The number of anilines is 1. The van der Waals surface area contributed by atoms with E-state index in [1.165, 1.54) is 0 Å². The molecule has 6 nitrogen and oxygen atoms in total. The fraction of sp³-hybridized carbons (Fsp3) is 0.765. The van der Waals surface area contributed by atoms with E-state index < -0.39 is 21.1 Å². The lowest BCUT2D eigenvalue weighted by molar-refractivity contribution is 0.0774. The number of rotatable bonds is 6. The van der Waals surface area contributed by atoms with E-state index in [1.807, 2.05) is 6.07 Å². The van der Waals surface area contributed by atoms with Gasteiger partial charge in [0.1, 0.15) is 5.82 Å². The zero-order chi connectivity index (χ0) is 18.2. The van der Waals surface area contributed by atoms with Crippen molar-refractivity contribution < 1.29 is 14.1 Å². The Bertz CT molecular complexity index is 661. The van der Waals surface area contributed by atoms with Crippen LogP contribution in [0.1, 0.15) is 45.7 Å². The average molecular weight is 388 g/mol. The Morgan fingerprint density at radius 3 is 2.80 bits per heavy atom. The SMILES string of the molecule is CC1COCCN1c1cc(C2(S(=O)CCC(C)(C)O)CC2)nc(Cl)n1. The standard InChI is InChI=1S/C17H26ClN3O3S/c1-12-11-24-8-7-21(12)14-10-13(19-15(18)20-14)17(4-5-17)25(23)9-6-16(2,3)22/h10,12,22H,4-9,11H2,1-3H3. The molecule has 0 aromatic carbocycles. The average Bonchev–Trinajstić information content (AvgIpc) is 3.33. The van der Waals surface area contributed by atoms with Crippen LogP contribution in [0.2, 0.25) is 5.28 Å². The molecule has 2 aliphatic rings. The van der Waals surface area contributed by atoms with E-state index in [4.69, 9.17) is 16.3 Å². The lowest BCUT2D eigenvalue weighted by Crippen LogP contribution is -2.44. The van der Waals surface area contributed by atoms with Gasteiger partial charge in [0.25, 0.3) is 0 Å². The van der Waals surface area contributed by atoms with E-state index in [2.05, 4.69) is 21.8 Å². The van der Waals surface area contributed by atoms with Gasteiger partial charge in [-0.2, -0.15) is 0 Å². The van der Waals surface area contributed by atoms with Crippen molar-refractivity contribution in [2.75, 3.05) is 30.4 Å². The first-order valence-electron chi connectivity index (χ1n) is 8.72. The number of hydrogen-bond acceptors (Lipinski definition) is 6. The first-order valence-corrected chi connectivity index (χ1v) is 10.4. The molecule has 2 fully saturated rings. The third kappa shape index (κ3) is 4.32. The van der Waals surface area contributed by atoms with Crippen LogP contribution >= 0.6 is 11.6 Å². The van der Waals surface area contributed by atoms with Gasteiger partial charge < -0.3 is 14.7 Å². The summed E-state index contributed by atoms with van der Waals surface area (Å²) in [6.07, 6.45) is 2.15. The highest BCUT2D eigenvalue weighted by molar-refractivity contribution is 7.86. The molecule has 1 aromatic heterocycles. The fourth-order valence-electron chi connectivity index (χ4n) is 3.11. The molecule has 2 unspecified atom stereocenters. The molecule has 1 aliphatic carbocycles. The van der Waals surface area contributed by atoms with Gasteiger partial charge in [-0.3, -0.25) is 4.21 Å². The van der Waals surface area contributed by atoms with E-state index >= 15 is 0 Å². The van der Waals surface area contributed by atoms with Crippen molar-refractivity contribution in [3.63, 3.8) is 0 Å². The Labute approximate surface area is 156 Å². The zero-order valence-corrected chi connectivity index (χ0v) is 16.6. The maximum atomic E-state index is 12.9. The quantitative estimate of drug-likeness (QED) is 0.754. The number of ether oxygens (including phenoxy) is 1. The van der Waals surface area contributed by atoms with Crippen LogP contribution in [0.5, 0.6) is 0 Å². The van der Waals surface area contributed by atoms with Crippen LogP contribution in [-0.2, 0) is 20.3 Å². The minimum atomic E-state index is -1.10. The van der Waals surface area contributed by atoms with Gasteiger partial charge in [0, 0.05) is 29.2 Å². The molecule has 1 saturated carbocycles. The van der Waals surface area contributed by atoms with Crippen LogP contribution in [0.3, 0.4) is 0 Å². The van der Waals surface area contributed by atoms with E-state index in [9.17, 15) is 9.32 Å². The maximum Gasteiger partial charge on any atom is 0.224 e. The lowest BCUT2D eigenvalue weighted by atomic mass is 10.1. The molecule has 0 radical (unpaired) electrons. The van der Waals surface area contributed by atoms with Crippen LogP contribution in [0.15, 0.2) is 6.07 Å². The largest absolute Gasteiger partial charge is 0.390 e. The summed E-state index contributed by atoms with van der Waals surface area (Å²) in [7, 11) is -1.10. The Hall–Kier alpha value is -0.760. The van der Waals surface area contributed by atoms with Crippen molar-refractivity contribution in [2.24, 2.45) is 0 Å². The molecule has 25 heavy (non-hydrogen) atoms. The molecule has 2 heterocycles. The van der Waals surface area contributed by atoms with Crippen LogP contribution in [0, 0.1) is 0 Å². The smallest absolute Gasteiger partial charge is 0.224 e. The number of nitrogens with zero attached hydrogens (tertiary/aromatic N) is 3. The van der Waals surface area contributed by atoms with Crippen molar-refractivity contribution >= 4 is 28.2 Å². The maximum absolute atomic E-state index is 12.9. The van der Waals surface area contributed by atoms with Crippen LogP contribution < -0.4 is 4.90 Å². The van der Waals surface area contributed by atoms with Gasteiger partial charge in [0.2, 0.25) is 5.28 Å². The number of hydrogen-bond donors (Lipinski definition) is 1.